The van der Waals surface area contributed by atoms with Gasteiger partial charge in [0.05, 0.1) is 27.2 Å². The van der Waals surface area contributed by atoms with Gasteiger partial charge in [-0.2, -0.15) is 0 Å². The highest BCUT2D eigenvalue weighted by Gasteiger charge is 2.39. The molecule has 0 radical (unpaired) electrons. The van der Waals surface area contributed by atoms with Crippen molar-refractivity contribution in [3.63, 3.8) is 0 Å². The third-order valence-corrected chi connectivity index (χ3v) is 9.06. The Morgan fingerprint density at radius 2 is 1.78 bits per heavy atom. The van der Waals surface area contributed by atoms with Crippen molar-refractivity contribution >= 4 is 14.7 Å². The van der Waals surface area contributed by atoms with Crippen LogP contribution in [0.5, 0.6) is 0 Å². The first-order valence-corrected chi connectivity index (χ1v) is 13.9. The molecule has 192 valence electrons. The van der Waals surface area contributed by atoms with Crippen molar-refractivity contribution < 1.29 is 32.4 Å². The third-order valence-electron chi connectivity index (χ3n) is 6.09. The van der Waals surface area contributed by atoms with Gasteiger partial charge in [0.2, 0.25) is 5.91 Å². The zero-order valence-corrected chi connectivity index (χ0v) is 23.2. The molecule has 0 aliphatic carbocycles. The number of carbonyl (C=O) groups excluding carboxylic acids is 1. The molecule has 0 rings (SSSR count). The van der Waals surface area contributed by atoms with E-state index in [1.807, 2.05) is 27.7 Å². The smallest absolute Gasteiger partial charge is 0.385 e. The Labute approximate surface area is 197 Å². The molecule has 0 bridgehead atoms. The predicted octanol–water partition coefficient (Wildman–Crippen LogP) is 2.82. The molecule has 0 spiro atoms. The van der Waals surface area contributed by atoms with Gasteiger partial charge < -0.3 is 32.9 Å². The normalized spacial score (nSPS) is 14.9. The van der Waals surface area contributed by atoms with Gasteiger partial charge in [-0.05, 0) is 26.2 Å². The quantitative estimate of drug-likeness (QED) is 0.168. The van der Waals surface area contributed by atoms with E-state index >= 15 is 0 Å². The highest BCUT2D eigenvalue weighted by Crippen LogP contribution is 2.20. The van der Waals surface area contributed by atoms with Crippen LogP contribution in [0.15, 0.2) is 0 Å². The molecule has 2 unspecified atom stereocenters. The van der Waals surface area contributed by atoms with Gasteiger partial charge in [-0.25, -0.2) is 0 Å². The van der Waals surface area contributed by atoms with Gasteiger partial charge >= 0.3 is 8.80 Å². The fourth-order valence-electron chi connectivity index (χ4n) is 3.27. The largest absolute Gasteiger partial charge is 0.500 e. The standard InChI is InChI=1S/C23H50N2O6Si/c1-10-20(3)31-32(28-8,29-9)17-13-16-30-19-21(26)18-25(6,7)15-12-14-24-22(27)23(4,5)11-2/h20-21,26H,10-19H2,1-9H3/p+1. The van der Waals surface area contributed by atoms with Crippen LogP contribution in [0.25, 0.3) is 0 Å². The monoisotopic (exact) mass is 479 g/mol. The number of quaternary nitrogens is 1. The number of aliphatic hydroxyl groups is 1. The second-order valence-electron chi connectivity index (χ2n) is 9.95. The molecule has 0 saturated heterocycles. The number of likely N-dealkylation sites (N-methyl/N-ethyl adjacent to an activating group) is 1. The average Bonchev–Trinajstić information content (AvgIpc) is 2.74. The maximum atomic E-state index is 12.1. The molecule has 8 nitrogen and oxygen atoms in total. The van der Waals surface area contributed by atoms with Crippen LogP contribution in [0.2, 0.25) is 6.04 Å². The molecule has 2 atom stereocenters. The second kappa shape index (κ2) is 15.4. The van der Waals surface area contributed by atoms with Crippen molar-refractivity contribution in [2.45, 2.75) is 78.6 Å². The van der Waals surface area contributed by atoms with Gasteiger partial charge in [0.1, 0.15) is 12.6 Å². The Kier molecular flexibility index (Phi) is 15.1. The molecule has 0 aliphatic rings. The van der Waals surface area contributed by atoms with Crippen molar-refractivity contribution in [3.05, 3.63) is 0 Å². The highest BCUT2D eigenvalue weighted by atomic mass is 28.4. The van der Waals surface area contributed by atoms with E-state index in [0.29, 0.717) is 36.8 Å². The number of hydrogen-bond donors (Lipinski definition) is 2. The Morgan fingerprint density at radius 1 is 1.16 bits per heavy atom. The summed E-state index contributed by atoms with van der Waals surface area (Å²) in [6.07, 6.45) is 2.89. The van der Waals surface area contributed by atoms with Crippen molar-refractivity contribution in [2.24, 2.45) is 5.41 Å². The Hall–Kier alpha value is -0.553. The summed E-state index contributed by atoms with van der Waals surface area (Å²) in [5.74, 6) is 0.0994. The molecular weight excluding hydrogens is 428 g/mol. The first kappa shape index (κ1) is 31.4. The molecule has 0 saturated carbocycles. The summed E-state index contributed by atoms with van der Waals surface area (Å²) in [6, 6.07) is 0.683. The van der Waals surface area contributed by atoms with Gasteiger partial charge in [0.15, 0.2) is 0 Å². The van der Waals surface area contributed by atoms with E-state index in [2.05, 4.69) is 26.3 Å². The molecule has 32 heavy (non-hydrogen) atoms. The van der Waals surface area contributed by atoms with Crippen LogP contribution < -0.4 is 5.32 Å². The molecule has 0 aromatic heterocycles. The van der Waals surface area contributed by atoms with E-state index in [1.165, 1.54) is 0 Å². The molecule has 0 aromatic rings. The summed E-state index contributed by atoms with van der Waals surface area (Å²) in [5, 5.41) is 13.4. The van der Waals surface area contributed by atoms with E-state index in [1.54, 1.807) is 14.2 Å². The summed E-state index contributed by atoms with van der Waals surface area (Å²) in [6.45, 7) is 13.0. The maximum Gasteiger partial charge on any atom is 0.500 e. The van der Waals surface area contributed by atoms with Crippen molar-refractivity contribution in [1.82, 2.24) is 5.32 Å². The zero-order chi connectivity index (χ0) is 24.8. The van der Waals surface area contributed by atoms with E-state index in [-0.39, 0.29) is 17.4 Å². The van der Waals surface area contributed by atoms with Gasteiger partial charge in [-0.15, -0.1) is 0 Å². The molecule has 0 aromatic carbocycles. The number of nitrogens with one attached hydrogen (secondary N) is 1. The van der Waals surface area contributed by atoms with E-state index in [4.69, 9.17) is 18.0 Å². The molecule has 9 heteroatoms. The van der Waals surface area contributed by atoms with Crippen LogP contribution in [-0.2, 0) is 22.8 Å². The maximum absolute atomic E-state index is 12.1. The lowest BCUT2D eigenvalue weighted by molar-refractivity contribution is -0.893. The first-order valence-electron chi connectivity index (χ1n) is 12.0. The summed E-state index contributed by atoms with van der Waals surface area (Å²) in [5.41, 5.74) is -0.326. The predicted molar refractivity (Wildman–Crippen MR) is 130 cm³/mol. The zero-order valence-electron chi connectivity index (χ0n) is 22.2. The molecule has 0 aliphatic heterocycles. The number of aliphatic hydroxyl groups excluding tert-OH is 1. The number of ether oxygens (including phenoxy) is 1. The number of rotatable bonds is 19. The van der Waals surface area contributed by atoms with Crippen LogP contribution >= 0.6 is 0 Å². The molecule has 0 heterocycles. The molecule has 2 N–H and O–H groups in total. The van der Waals surface area contributed by atoms with Crippen molar-refractivity contribution in [1.29, 1.82) is 0 Å². The first-order chi connectivity index (χ1) is 14.9. The lowest BCUT2D eigenvalue weighted by Crippen LogP contribution is -2.48. The topological polar surface area (TPSA) is 86.2 Å². The summed E-state index contributed by atoms with van der Waals surface area (Å²) in [7, 11) is 4.79. The van der Waals surface area contributed by atoms with Gasteiger partial charge in [-0.1, -0.05) is 27.7 Å². The number of nitrogens with zero attached hydrogens (tertiary/aromatic N) is 1. The minimum absolute atomic E-state index is 0.0933. The number of carbonyl (C=O) groups is 1. The minimum Gasteiger partial charge on any atom is -0.385 e. The SMILES string of the molecule is CCC(C)O[Si](CCCOCC(O)C[N+](C)(C)CCCNC(=O)C(C)(C)CC)(OC)OC. The highest BCUT2D eigenvalue weighted by molar-refractivity contribution is 6.60. The Bertz CT molecular complexity index is 515. The lowest BCUT2D eigenvalue weighted by atomic mass is 9.89. The van der Waals surface area contributed by atoms with Crippen LogP contribution in [0, 0.1) is 5.41 Å². The van der Waals surface area contributed by atoms with Crippen molar-refractivity contribution in [3.8, 4) is 0 Å². The summed E-state index contributed by atoms with van der Waals surface area (Å²) < 4.78 is 23.6. The van der Waals surface area contributed by atoms with E-state index in [0.717, 1.165) is 32.2 Å². The van der Waals surface area contributed by atoms with Gasteiger partial charge in [0, 0.05) is 51.4 Å². The molecule has 1 amide bonds. The molecular formula is C23H51N2O6Si+. The van der Waals surface area contributed by atoms with Gasteiger partial charge in [-0.3, -0.25) is 4.79 Å². The fraction of sp³-hybridized carbons (Fsp3) is 0.957. The Balaban J connectivity index is 4.18. The third kappa shape index (κ3) is 12.6. The summed E-state index contributed by atoms with van der Waals surface area (Å²) in [4.78, 5) is 12.1. The van der Waals surface area contributed by atoms with Crippen molar-refractivity contribution in [2.75, 3.05) is 61.2 Å². The number of amides is 1. The van der Waals surface area contributed by atoms with Crippen LogP contribution in [-0.4, -0.2) is 97.7 Å². The second-order valence-corrected chi connectivity index (χ2v) is 12.9. The van der Waals surface area contributed by atoms with Crippen LogP contribution in [0.1, 0.15) is 60.3 Å². The number of hydrogen-bond acceptors (Lipinski definition) is 6. The van der Waals surface area contributed by atoms with Crippen LogP contribution in [0.3, 0.4) is 0 Å². The molecule has 0 fully saturated rings. The van der Waals surface area contributed by atoms with E-state index in [9.17, 15) is 9.90 Å². The summed E-state index contributed by atoms with van der Waals surface area (Å²) >= 11 is 0. The van der Waals surface area contributed by atoms with Gasteiger partial charge in [0.25, 0.3) is 0 Å². The van der Waals surface area contributed by atoms with Crippen LogP contribution in [0.4, 0.5) is 0 Å². The average molecular weight is 480 g/mol. The Morgan fingerprint density at radius 3 is 2.31 bits per heavy atom. The lowest BCUT2D eigenvalue weighted by Gasteiger charge is -2.32. The fourth-order valence-corrected chi connectivity index (χ4v) is 5.51. The van der Waals surface area contributed by atoms with E-state index < -0.39 is 14.9 Å². The minimum atomic E-state index is -2.66.